The Morgan fingerprint density at radius 1 is 1.33 bits per heavy atom. The number of anilines is 1. The fraction of sp³-hybridized carbons (Fsp3) is 0.615. The highest BCUT2D eigenvalue weighted by Crippen LogP contribution is 2.25. The monoisotopic (exact) mass is 264 g/mol. The molecular weight excluding hydrogens is 244 g/mol. The first-order valence-corrected chi connectivity index (χ1v) is 6.91. The van der Waals surface area contributed by atoms with Gasteiger partial charge in [0.1, 0.15) is 10.7 Å². The molecule has 0 spiro atoms. The summed E-state index contributed by atoms with van der Waals surface area (Å²) in [6, 6.07) is 0. The molecule has 5 heteroatoms. The van der Waals surface area contributed by atoms with Gasteiger partial charge in [-0.3, -0.25) is 0 Å². The minimum absolute atomic E-state index is 0.314. The van der Waals surface area contributed by atoms with Crippen LogP contribution in [0.25, 0.3) is 0 Å². The largest absolute Gasteiger partial charge is 0.388 e. The van der Waals surface area contributed by atoms with Gasteiger partial charge in [-0.1, -0.05) is 31.5 Å². The van der Waals surface area contributed by atoms with Gasteiger partial charge in [0.25, 0.3) is 0 Å². The Labute approximate surface area is 114 Å². The van der Waals surface area contributed by atoms with Gasteiger partial charge in [-0.2, -0.15) is 0 Å². The fourth-order valence-corrected chi connectivity index (χ4v) is 2.77. The second kappa shape index (κ2) is 6.09. The molecule has 0 bridgehead atoms. The third-order valence-electron chi connectivity index (χ3n) is 3.53. The Balaban J connectivity index is 2.08. The zero-order chi connectivity index (χ0) is 13.0. The fourth-order valence-electron chi connectivity index (χ4n) is 2.63. The number of nitrogens with zero attached hydrogens (tertiary/aromatic N) is 3. The van der Waals surface area contributed by atoms with Gasteiger partial charge in [-0.15, -0.1) is 0 Å². The predicted molar refractivity (Wildman–Crippen MR) is 77.8 cm³/mol. The molecule has 1 fully saturated rings. The molecule has 1 heterocycles. The molecule has 1 aromatic rings. The molecule has 2 N–H and O–H groups in total. The predicted octanol–water partition coefficient (Wildman–Crippen LogP) is 2.13. The first-order chi connectivity index (χ1) is 8.68. The quantitative estimate of drug-likeness (QED) is 0.844. The molecule has 1 aromatic heterocycles. The summed E-state index contributed by atoms with van der Waals surface area (Å²) in [5, 5.41) is 0. The van der Waals surface area contributed by atoms with E-state index in [2.05, 4.69) is 14.9 Å². The lowest BCUT2D eigenvalue weighted by Crippen LogP contribution is -2.30. The molecule has 0 radical (unpaired) electrons. The van der Waals surface area contributed by atoms with Crippen molar-refractivity contribution in [2.75, 3.05) is 18.5 Å². The molecule has 98 valence electrons. The molecular formula is C13H20N4S. The van der Waals surface area contributed by atoms with Crippen molar-refractivity contribution in [2.24, 2.45) is 11.7 Å². The Morgan fingerprint density at radius 2 is 2.00 bits per heavy atom. The van der Waals surface area contributed by atoms with Crippen LogP contribution in [0.4, 0.5) is 5.82 Å². The molecule has 2 rings (SSSR count). The van der Waals surface area contributed by atoms with Crippen molar-refractivity contribution in [1.29, 1.82) is 0 Å². The Kier molecular flexibility index (Phi) is 4.47. The third-order valence-corrected chi connectivity index (χ3v) is 3.72. The smallest absolute Gasteiger partial charge is 0.157 e. The van der Waals surface area contributed by atoms with Gasteiger partial charge in [-0.25, -0.2) is 9.97 Å². The summed E-state index contributed by atoms with van der Waals surface area (Å²) in [4.78, 5) is 11.0. The summed E-state index contributed by atoms with van der Waals surface area (Å²) in [7, 11) is 2.04. The van der Waals surface area contributed by atoms with Crippen LogP contribution in [0.5, 0.6) is 0 Å². The number of aromatic nitrogens is 2. The Morgan fingerprint density at radius 3 is 2.67 bits per heavy atom. The lowest BCUT2D eigenvalue weighted by molar-refractivity contribution is 0.361. The molecule has 0 unspecified atom stereocenters. The number of thiocarbonyl (C=S) groups is 1. The highest BCUT2D eigenvalue weighted by Gasteiger charge is 2.18. The number of hydrogen-bond acceptors (Lipinski definition) is 4. The Bertz CT molecular complexity index is 415. The van der Waals surface area contributed by atoms with Gasteiger partial charge in [0.15, 0.2) is 5.82 Å². The van der Waals surface area contributed by atoms with E-state index in [4.69, 9.17) is 18.0 Å². The summed E-state index contributed by atoms with van der Waals surface area (Å²) in [6.07, 6.45) is 10.0. The molecule has 4 nitrogen and oxygen atoms in total. The van der Waals surface area contributed by atoms with E-state index in [0.717, 1.165) is 18.3 Å². The molecule has 1 saturated carbocycles. The van der Waals surface area contributed by atoms with Crippen LogP contribution >= 0.6 is 12.2 Å². The zero-order valence-corrected chi connectivity index (χ0v) is 11.6. The van der Waals surface area contributed by atoms with Crippen LogP contribution in [0.1, 0.15) is 37.8 Å². The van der Waals surface area contributed by atoms with E-state index in [0.29, 0.717) is 10.7 Å². The first-order valence-electron chi connectivity index (χ1n) is 6.50. The van der Waals surface area contributed by atoms with Crippen molar-refractivity contribution < 1.29 is 0 Å². The van der Waals surface area contributed by atoms with E-state index >= 15 is 0 Å². The summed E-state index contributed by atoms with van der Waals surface area (Å²) in [5.74, 6) is 1.56. The lowest BCUT2D eigenvalue weighted by Gasteiger charge is -2.28. The maximum atomic E-state index is 5.69. The van der Waals surface area contributed by atoms with Crippen LogP contribution in [0.2, 0.25) is 0 Å². The average Bonchev–Trinajstić information content (AvgIpc) is 2.40. The van der Waals surface area contributed by atoms with Gasteiger partial charge in [0.2, 0.25) is 0 Å². The zero-order valence-electron chi connectivity index (χ0n) is 10.8. The molecule has 0 amide bonds. The third kappa shape index (κ3) is 3.16. The number of nitrogens with two attached hydrogens (primary N) is 1. The van der Waals surface area contributed by atoms with Crippen molar-refractivity contribution >= 4 is 23.0 Å². The first kappa shape index (κ1) is 13.2. The summed E-state index contributed by atoms with van der Waals surface area (Å²) < 4.78 is 0. The van der Waals surface area contributed by atoms with E-state index in [1.165, 1.54) is 32.1 Å². The van der Waals surface area contributed by atoms with E-state index in [1.807, 2.05) is 7.05 Å². The van der Waals surface area contributed by atoms with Crippen LogP contribution in [-0.2, 0) is 0 Å². The van der Waals surface area contributed by atoms with Crippen LogP contribution in [0, 0.1) is 5.92 Å². The number of rotatable bonds is 4. The van der Waals surface area contributed by atoms with E-state index in [-0.39, 0.29) is 0 Å². The maximum Gasteiger partial charge on any atom is 0.157 e. The van der Waals surface area contributed by atoms with E-state index in [1.54, 1.807) is 12.4 Å². The highest BCUT2D eigenvalue weighted by molar-refractivity contribution is 7.80. The van der Waals surface area contributed by atoms with E-state index < -0.39 is 0 Å². The topological polar surface area (TPSA) is 55.0 Å². The summed E-state index contributed by atoms with van der Waals surface area (Å²) in [5.41, 5.74) is 6.32. The van der Waals surface area contributed by atoms with Crippen LogP contribution in [-0.4, -0.2) is 28.5 Å². The van der Waals surface area contributed by atoms with Gasteiger partial charge >= 0.3 is 0 Å². The van der Waals surface area contributed by atoms with Crippen molar-refractivity contribution in [3.05, 3.63) is 18.1 Å². The van der Waals surface area contributed by atoms with Gasteiger partial charge in [0.05, 0.1) is 0 Å². The van der Waals surface area contributed by atoms with Crippen molar-refractivity contribution in [2.45, 2.75) is 32.1 Å². The maximum absolute atomic E-state index is 5.69. The lowest BCUT2D eigenvalue weighted by atomic mass is 9.89. The van der Waals surface area contributed by atoms with Crippen LogP contribution in [0.15, 0.2) is 12.4 Å². The van der Waals surface area contributed by atoms with Crippen molar-refractivity contribution in [1.82, 2.24) is 9.97 Å². The number of hydrogen-bond donors (Lipinski definition) is 1. The second-order valence-electron chi connectivity index (χ2n) is 4.98. The van der Waals surface area contributed by atoms with Gasteiger partial charge < -0.3 is 10.6 Å². The van der Waals surface area contributed by atoms with Gasteiger partial charge in [-0.05, 0) is 18.8 Å². The van der Waals surface area contributed by atoms with E-state index in [9.17, 15) is 0 Å². The molecule has 0 saturated heterocycles. The molecule has 0 aromatic carbocycles. The van der Waals surface area contributed by atoms with Crippen LogP contribution in [0.3, 0.4) is 0 Å². The van der Waals surface area contributed by atoms with Crippen molar-refractivity contribution in [3.8, 4) is 0 Å². The molecule has 0 aliphatic heterocycles. The average molecular weight is 264 g/mol. The molecule has 0 atom stereocenters. The second-order valence-corrected chi connectivity index (χ2v) is 5.42. The Hall–Kier alpha value is -1.23. The summed E-state index contributed by atoms with van der Waals surface area (Å²) >= 11 is 5.02. The molecule has 1 aliphatic rings. The summed E-state index contributed by atoms with van der Waals surface area (Å²) in [6.45, 7) is 1.01. The molecule has 1 aliphatic carbocycles. The molecule has 18 heavy (non-hydrogen) atoms. The van der Waals surface area contributed by atoms with Crippen LogP contribution < -0.4 is 10.6 Å². The minimum Gasteiger partial charge on any atom is -0.388 e. The standard InChI is InChI=1S/C13H20N4S/c1-17(9-10-5-3-2-4-6-10)13-11(12(14)18)15-7-8-16-13/h7-8,10H,2-6,9H2,1H3,(H2,14,18). The SMILES string of the molecule is CN(CC1CCCCC1)c1nccnc1C(N)=S. The minimum atomic E-state index is 0.314. The van der Waals surface area contributed by atoms with Gasteiger partial charge in [0, 0.05) is 26.0 Å². The highest BCUT2D eigenvalue weighted by atomic mass is 32.1. The normalized spacial score (nSPS) is 16.5. The van der Waals surface area contributed by atoms with Crippen molar-refractivity contribution in [3.63, 3.8) is 0 Å².